The molecule has 1 amide bonds. The summed E-state index contributed by atoms with van der Waals surface area (Å²) in [4.78, 5) is 14.7. The lowest BCUT2D eigenvalue weighted by molar-refractivity contribution is 0.0656. The van der Waals surface area contributed by atoms with Gasteiger partial charge in [0.05, 0.1) is 4.90 Å². The molecule has 1 aliphatic heterocycles. The maximum Gasteiger partial charge on any atom is 0.292 e. The van der Waals surface area contributed by atoms with Crippen LogP contribution < -0.4 is 0 Å². The first-order chi connectivity index (χ1) is 15.2. The first kappa shape index (κ1) is 22.2. The molecule has 0 atom stereocenters. The first-order valence-electron chi connectivity index (χ1n) is 10.3. The quantitative estimate of drug-likeness (QED) is 0.598. The molecule has 0 N–H and O–H groups in total. The van der Waals surface area contributed by atoms with Crippen LogP contribution in [0.15, 0.2) is 51.9 Å². The molecule has 168 valence electrons. The molecule has 9 heteroatoms. The van der Waals surface area contributed by atoms with E-state index in [0.29, 0.717) is 27.3 Å². The minimum atomic E-state index is -3.67. The summed E-state index contributed by atoms with van der Waals surface area (Å²) in [5, 5.41) is 3.87. The molecule has 0 spiro atoms. The van der Waals surface area contributed by atoms with Crippen LogP contribution in [0.25, 0.3) is 11.3 Å². The zero-order valence-electron chi connectivity index (χ0n) is 18.1. The Bertz CT molecular complexity index is 1250. The van der Waals surface area contributed by atoms with Crippen molar-refractivity contribution in [2.75, 3.05) is 26.2 Å². The number of aromatic nitrogens is 1. The average Bonchev–Trinajstić information content (AvgIpc) is 3.23. The van der Waals surface area contributed by atoms with E-state index >= 15 is 0 Å². The van der Waals surface area contributed by atoms with Gasteiger partial charge in [0.1, 0.15) is 11.5 Å². The third-order valence-corrected chi connectivity index (χ3v) is 7.77. The van der Waals surface area contributed by atoms with Crippen molar-refractivity contribution >= 4 is 15.9 Å². The molecule has 7 nitrogen and oxygen atoms in total. The summed E-state index contributed by atoms with van der Waals surface area (Å²) in [6.07, 6.45) is 0. The highest BCUT2D eigenvalue weighted by atomic mass is 32.2. The van der Waals surface area contributed by atoms with E-state index in [1.165, 1.54) is 27.4 Å². The molecule has 1 fully saturated rings. The number of rotatable bonds is 4. The summed E-state index contributed by atoms with van der Waals surface area (Å²) < 4.78 is 46.5. The predicted molar refractivity (Wildman–Crippen MR) is 117 cm³/mol. The van der Waals surface area contributed by atoms with Gasteiger partial charge in [0.2, 0.25) is 15.8 Å². The number of aryl methyl sites for hydroxylation is 3. The lowest BCUT2D eigenvalue weighted by Gasteiger charge is -2.34. The van der Waals surface area contributed by atoms with Gasteiger partial charge in [0.15, 0.2) is 0 Å². The standard InChI is InChI=1S/C23H24FN3O4S/c1-15-11-16(2)22(17(3)12-15)32(29,30)27-9-7-26(8-10-27)23(28)21-14-20(25-31-21)18-5-4-6-19(24)13-18/h4-6,11-14H,7-10H2,1-3H3. The van der Waals surface area contributed by atoms with E-state index in [-0.39, 0.29) is 37.8 Å². The van der Waals surface area contributed by atoms with Gasteiger partial charge >= 0.3 is 0 Å². The number of halogens is 1. The molecule has 0 saturated carbocycles. The van der Waals surface area contributed by atoms with E-state index in [9.17, 15) is 17.6 Å². The monoisotopic (exact) mass is 457 g/mol. The van der Waals surface area contributed by atoms with Gasteiger partial charge in [0, 0.05) is 37.8 Å². The van der Waals surface area contributed by atoms with Gasteiger partial charge < -0.3 is 9.42 Å². The molecular weight excluding hydrogens is 433 g/mol. The van der Waals surface area contributed by atoms with Gasteiger partial charge in [-0.25, -0.2) is 12.8 Å². The highest BCUT2D eigenvalue weighted by Gasteiger charge is 2.33. The zero-order chi connectivity index (χ0) is 23.0. The molecule has 1 aliphatic rings. The Morgan fingerprint density at radius 3 is 2.28 bits per heavy atom. The van der Waals surface area contributed by atoms with Crippen molar-refractivity contribution in [1.29, 1.82) is 0 Å². The molecule has 0 bridgehead atoms. The number of hydrogen-bond acceptors (Lipinski definition) is 5. The third-order valence-electron chi connectivity index (χ3n) is 5.57. The fourth-order valence-corrected chi connectivity index (χ4v) is 5.98. The van der Waals surface area contributed by atoms with Crippen LogP contribution in [0.5, 0.6) is 0 Å². The second-order valence-electron chi connectivity index (χ2n) is 8.01. The van der Waals surface area contributed by atoms with Crippen molar-refractivity contribution in [1.82, 2.24) is 14.4 Å². The SMILES string of the molecule is Cc1cc(C)c(S(=O)(=O)N2CCN(C(=O)c3cc(-c4cccc(F)c4)no3)CC2)c(C)c1. The molecule has 32 heavy (non-hydrogen) atoms. The third kappa shape index (κ3) is 4.18. The molecule has 1 saturated heterocycles. The van der Waals surface area contributed by atoms with E-state index in [2.05, 4.69) is 5.16 Å². The van der Waals surface area contributed by atoms with Crippen molar-refractivity contribution < 1.29 is 22.1 Å². The summed E-state index contributed by atoms with van der Waals surface area (Å²) in [5.74, 6) is -0.750. The second-order valence-corrected chi connectivity index (χ2v) is 9.89. The Kier molecular flexibility index (Phi) is 5.87. The normalized spacial score (nSPS) is 15.2. The van der Waals surface area contributed by atoms with Gasteiger partial charge in [0.25, 0.3) is 5.91 Å². The largest absolute Gasteiger partial charge is 0.350 e. The topological polar surface area (TPSA) is 83.7 Å². The summed E-state index contributed by atoms with van der Waals surface area (Å²) in [5.41, 5.74) is 3.31. The van der Waals surface area contributed by atoms with Crippen LogP contribution in [0, 0.1) is 26.6 Å². The minimum Gasteiger partial charge on any atom is -0.350 e. The highest BCUT2D eigenvalue weighted by Crippen LogP contribution is 2.27. The fourth-order valence-electron chi connectivity index (χ4n) is 4.15. The van der Waals surface area contributed by atoms with Crippen molar-refractivity contribution in [3.63, 3.8) is 0 Å². The summed E-state index contributed by atoms with van der Waals surface area (Å²) in [7, 11) is -3.67. The van der Waals surface area contributed by atoms with E-state index in [0.717, 1.165) is 5.56 Å². The maximum atomic E-state index is 13.4. The van der Waals surface area contributed by atoms with Crippen molar-refractivity contribution in [3.05, 3.63) is 70.7 Å². The Morgan fingerprint density at radius 1 is 1.00 bits per heavy atom. The number of hydrogen-bond donors (Lipinski definition) is 0. The molecule has 1 aromatic heterocycles. The minimum absolute atomic E-state index is 0.0331. The van der Waals surface area contributed by atoms with E-state index < -0.39 is 15.8 Å². The molecule has 2 heterocycles. The number of piperazine rings is 1. The van der Waals surface area contributed by atoms with Gasteiger partial charge in [-0.2, -0.15) is 4.31 Å². The second kappa shape index (κ2) is 8.48. The van der Waals surface area contributed by atoms with Crippen molar-refractivity contribution in [3.8, 4) is 11.3 Å². The Morgan fingerprint density at radius 2 is 1.66 bits per heavy atom. The Balaban J connectivity index is 1.47. The van der Waals surface area contributed by atoms with Gasteiger partial charge in [-0.1, -0.05) is 35.0 Å². The Hall–Kier alpha value is -3.04. The number of nitrogens with zero attached hydrogens (tertiary/aromatic N) is 3. The number of sulfonamides is 1. The highest BCUT2D eigenvalue weighted by molar-refractivity contribution is 7.89. The van der Waals surface area contributed by atoms with Crippen LogP contribution in [0.3, 0.4) is 0 Å². The van der Waals surface area contributed by atoms with Gasteiger partial charge in [-0.05, 0) is 44.0 Å². The predicted octanol–water partition coefficient (Wildman–Crippen LogP) is 3.55. The molecule has 0 unspecified atom stereocenters. The van der Waals surface area contributed by atoms with Crippen LogP contribution in [-0.2, 0) is 10.0 Å². The first-order valence-corrected chi connectivity index (χ1v) is 11.7. The van der Waals surface area contributed by atoms with Crippen molar-refractivity contribution in [2.45, 2.75) is 25.7 Å². The molecule has 0 aliphatic carbocycles. The van der Waals surface area contributed by atoms with Crippen LogP contribution in [0.4, 0.5) is 4.39 Å². The summed E-state index contributed by atoms with van der Waals surface area (Å²) in [6, 6.07) is 11.1. The Labute approximate surface area is 186 Å². The lowest BCUT2D eigenvalue weighted by atomic mass is 10.1. The van der Waals surface area contributed by atoms with Crippen LogP contribution >= 0.6 is 0 Å². The van der Waals surface area contributed by atoms with Gasteiger partial charge in [-0.15, -0.1) is 0 Å². The zero-order valence-corrected chi connectivity index (χ0v) is 18.9. The lowest BCUT2D eigenvalue weighted by Crippen LogP contribution is -2.50. The van der Waals surface area contributed by atoms with Crippen molar-refractivity contribution in [2.24, 2.45) is 0 Å². The van der Waals surface area contributed by atoms with Crippen LogP contribution in [0.2, 0.25) is 0 Å². The number of carbonyl (C=O) groups excluding carboxylic acids is 1. The molecule has 2 aromatic carbocycles. The van der Waals surface area contributed by atoms with E-state index in [4.69, 9.17) is 4.52 Å². The number of amides is 1. The average molecular weight is 458 g/mol. The smallest absolute Gasteiger partial charge is 0.292 e. The molecule has 4 rings (SSSR count). The summed E-state index contributed by atoms with van der Waals surface area (Å²) >= 11 is 0. The maximum absolute atomic E-state index is 13.4. The molecule has 0 radical (unpaired) electrons. The summed E-state index contributed by atoms with van der Waals surface area (Å²) in [6.45, 7) is 6.37. The van der Waals surface area contributed by atoms with Gasteiger partial charge in [-0.3, -0.25) is 4.79 Å². The number of benzene rings is 2. The van der Waals surface area contributed by atoms with Crippen LogP contribution in [0.1, 0.15) is 27.2 Å². The molecule has 3 aromatic rings. The fraction of sp³-hybridized carbons (Fsp3) is 0.304. The molecular formula is C23H24FN3O4S. The van der Waals surface area contributed by atoms with E-state index in [1.807, 2.05) is 19.1 Å². The van der Waals surface area contributed by atoms with Crippen LogP contribution in [-0.4, -0.2) is 54.9 Å². The van der Waals surface area contributed by atoms with E-state index in [1.54, 1.807) is 26.0 Å². The number of carbonyl (C=O) groups is 1.